The third-order valence-corrected chi connectivity index (χ3v) is 5.24. The molecule has 4 aromatic rings. The van der Waals surface area contributed by atoms with E-state index in [2.05, 4.69) is 20.3 Å². The molecule has 0 aliphatic rings. The minimum Gasteiger partial charge on any atom is -0.424 e. The molecule has 202 valence electrons. The molecule has 39 heavy (non-hydrogen) atoms. The third kappa shape index (κ3) is 6.84. The number of amides is 2. The van der Waals surface area contributed by atoms with E-state index in [1.165, 1.54) is 6.20 Å². The zero-order valence-corrected chi connectivity index (χ0v) is 20.0. The molecule has 4 N–H and O–H groups in total. The lowest BCUT2D eigenvalue weighted by Crippen LogP contribution is -2.21. The number of nitrogens with zero attached hydrogens (tertiary/aromatic N) is 3. The zero-order valence-electron chi connectivity index (χ0n) is 19.2. The van der Waals surface area contributed by atoms with Crippen molar-refractivity contribution in [2.24, 2.45) is 0 Å². The number of rotatable bonds is 5. The molecule has 0 atom stereocenters. The van der Waals surface area contributed by atoms with Crippen molar-refractivity contribution < 1.29 is 35.9 Å². The number of carbonyl (C=O) groups is 1. The summed E-state index contributed by atoms with van der Waals surface area (Å²) in [6, 6.07) is 8.34. The number of nitrogens with one attached hydrogen (secondary N) is 2. The van der Waals surface area contributed by atoms with Crippen LogP contribution in [-0.4, -0.2) is 21.0 Å². The van der Waals surface area contributed by atoms with Gasteiger partial charge in [-0.3, -0.25) is 0 Å². The molecule has 0 fully saturated rings. The molecule has 2 heterocycles. The van der Waals surface area contributed by atoms with Gasteiger partial charge in [0, 0.05) is 17.4 Å². The van der Waals surface area contributed by atoms with Crippen molar-refractivity contribution in [1.82, 2.24) is 15.0 Å². The van der Waals surface area contributed by atoms with Gasteiger partial charge >= 0.3 is 24.4 Å². The van der Waals surface area contributed by atoms with Crippen LogP contribution in [0.2, 0.25) is 5.02 Å². The molecule has 15 heteroatoms. The molecule has 0 saturated carbocycles. The van der Waals surface area contributed by atoms with E-state index in [1.807, 2.05) is 5.32 Å². The molecular weight excluding hydrogens is 554 g/mol. The standard InChI is InChI=1S/C24H15ClF6N6O2/c25-13-7-17(20(32)33-9-13)12-1-4-16(5-2-12)39-22-34-10-15(11-35-22)37-21(38)36-14-3-6-18(23(26,27)28)19(8-14)24(29,30)31/h1-11H,(H2,32,33)(H2,36,37,38). The van der Waals surface area contributed by atoms with Crippen LogP contribution in [0, 0.1) is 0 Å². The maximum Gasteiger partial charge on any atom is 0.417 e. The summed E-state index contributed by atoms with van der Waals surface area (Å²) >= 11 is 5.97. The van der Waals surface area contributed by atoms with Crippen LogP contribution in [0.25, 0.3) is 11.1 Å². The van der Waals surface area contributed by atoms with Crippen molar-refractivity contribution in [1.29, 1.82) is 0 Å². The first-order valence-corrected chi connectivity index (χ1v) is 11.1. The average molecular weight is 569 g/mol. The van der Waals surface area contributed by atoms with Crippen LogP contribution in [0.5, 0.6) is 11.8 Å². The van der Waals surface area contributed by atoms with Crippen molar-refractivity contribution in [3.8, 4) is 22.9 Å². The van der Waals surface area contributed by atoms with Gasteiger partial charge in [-0.05, 0) is 42.0 Å². The van der Waals surface area contributed by atoms with Crippen LogP contribution in [0.4, 0.5) is 48.3 Å². The van der Waals surface area contributed by atoms with Crippen molar-refractivity contribution >= 4 is 34.8 Å². The largest absolute Gasteiger partial charge is 0.424 e. The summed E-state index contributed by atoms with van der Waals surface area (Å²) in [6.45, 7) is 0. The molecule has 2 aromatic carbocycles. The first-order valence-electron chi connectivity index (χ1n) is 10.7. The van der Waals surface area contributed by atoms with E-state index in [4.69, 9.17) is 22.1 Å². The second kappa shape index (κ2) is 10.6. The monoisotopic (exact) mass is 568 g/mol. The van der Waals surface area contributed by atoms with E-state index >= 15 is 0 Å². The van der Waals surface area contributed by atoms with Crippen LogP contribution in [-0.2, 0) is 12.4 Å². The Bertz CT molecular complexity index is 1500. The van der Waals surface area contributed by atoms with Crippen LogP contribution < -0.4 is 21.1 Å². The van der Waals surface area contributed by atoms with Crippen molar-refractivity contribution in [2.75, 3.05) is 16.4 Å². The van der Waals surface area contributed by atoms with Crippen LogP contribution in [0.3, 0.4) is 0 Å². The Hall–Kier alpha value is -4.59. The topological polar surface area (TPSA) is 115 Å². The molecular formula is C24H15ClF6N6O2. The summed E-state index contributed by atoms with van der Waals surface area (Å²) in [7, 11) is 0. The average Bonchev–Trinajstić information content (AvgIpc) is 2.86. The predicted molar refractivity (Wildman–Crippen MR) is 130 cm³/mol. The van der Waals surface area contributed by atoms with E-state index in [0.29, 0.717) is 28.2 Å². The zero-order chi connectivity index (χ0) is 28.4. The number of hydrogen-bond donors (Lipinski definition) is 3. The highest BCUT2D eigenvalue weighted by Gasteiger charge is 2.43. The highest BCUT2D eigenvalue weighted by molar-refractivity contribution is 6.30. The lowest BCUT2D eigenvalue weighted by atomic mass is 10.1. The van der Waals surface area contributed by atoms with Crippen LogP contribution in [0.15, 0.2) is 67.1 Å². The number of nitrogens with two attached hydrogens (primary N) is 1. The Morgan fingerprint density at radius 3 is 2.03 bits per heavy atom. The highest BCUT2D eigenvalue weighted by atomic mass is 35.5. The molecule has 0 unspecified atom stereocenters. The van der Waals surface area contributed by atoms with E-state index in [0.717, 1.165) is 18.0 Å². The second-order valence-corrected chi connectivity index (χ2v) is 8.24. The minimum absolute atomic E-state index is 0.0297. The molecule has 0 aliphatic carbocycles. The lowest BCUT2D eigenvalue weighted by molar-refractivity contribution is -0.162. The molecule has 0 radical (unpaired) electrons. The van der Waals surface area contributed by atoms with Gasteiger partial charge in [0.2, 0.25) is 0 Å². The predicted octanol–water partition coefficient (Wildman–Crippen LogP) is 7.25. The van der Waals surface area contributed by atoms with Gasteiger partial charge in [-0.2, -0.15) is 26.3 Å². The van der Waals surface area contributed by atoms with Crippen molar-refractivity contribution in [2.45, 2.75) is 12.4 Å². The first kappa shape index (κ1) is 27.4. The number of ether oxygens (including phenoxy) is 1. The van der Waals surface area contributed by atoms with E-state index in [-0.39, 0.29) is 23.8 Å². The smallest absolute Gasteiger partial charge is 0.417 e. The van der Waals surface area contributed by atoms with Gasteiger partial charge in [0.25, 0.3) is 0 Å². The van der Waals surface area contributed by atoms with E-state index in [1.54, 1.807) is 30.3 Å². The van der Waals surface area contributed by atoms with Crippen molar-refractivity contribution in [3.63, 3.8) is 0 Å². The summed E-state index contributed by atoms with van der Waals surface area (Å²) in [5.41, 5.74) is 2.96. The summed E-state index contributed by atoms with van der Waals surface area (Å²) in [5.74, 6) is 0.663. The minimum atomic E-state index is -5.29. The summed E-state index contributed by atoms with van der Waals surface area (Å²) < 4.78 is 83.6. The number of carbonyl (C=O) groups excluding carboxylic acids is 1. The maximum atomic E-state index is 13.1. The quantitative estimate of drug-likeness (QED) is 0.218. The van der Waals surface area contributed by atoms with Gasteiger partial charge in [-0.25, -0.2) is 19.7 Å². The number of pyridine rings is 1. The molecule has 0 spiro atoms. The first-order chi connectivity index (χ1) is 18.3. The number of nitrogen functional groups attached to an aromatic ring is 1. The van der Waals surface area contributed by atoms with Crippen LogP contribution in [0.1, 0.15) is 11.1 Å². The fraction of sp³-hybridized carbons (Fsp3) is 0.0833. The van der Waals surface area contributed by atoms with Crippen LogP contribution >= 0.6 is 11.6 Å². The number of aromatic nitrogens is 3. The van der Waals surface area contributed by atoms with Gasteiger partial charge in [0.05, 0.1) is 34.2 Å². The highest BCUT2D eigenvalue weighted by Crippen LogP contribution is 2.41. The van der Waals surface area contributed by atoms with Gasteiger partial charge in [0.1, 0.15) is 11.6 Å². The molecule has 4 rings (SSSR count). The lowest BCUT2D eigenvalue weighted by Gasteiger charge is -2.17. The Morgan fingerprint density at radius 1 is 0.795 bits per heavy atom. The molecule has 0 bridgehead atoms. The number of anilines is 3. The van der Waals surface area contributed by atoms with E-state index < -0.39 is 35.2 Å². The molecule has 2 aromatic heterocycles. The Balaban J connectivity index is 1.39. The molecule has 0 saturated heterocycles. The van der Waals surface area contributed by atoms with Crippen molar-refractivity contribution in [3.05, 3.63) is 83.3 Å². The molecule has 0 aliphatic heterocycles. The SMILES string of the molecule is Nc1ncc(Cl)cc1-c1ccc(Oc2ncc(NC(=O)Nc3ccc(C(F)(F)F)c(C(F)(F)F)c3)cn2)cc1. The third-order valence-electron chi connectivity index (χ3n) is 5.03. The summed E-state index contributed by atoms with van der Waals surface area (Å²) in [4.78, 5) is 24.0. The van der Waals surface area contributed by atoms with E-state index in [9.17, 15) is 31.1 Å². The Morgan fingerprint density at radius 2 is 1.41 bits per heavy atom. The molecule has 8 nitrogen and oxygen atoms in total. The molecule has 2 amide bonds. The second-order valence-electron chi connectivity index (χ2n) is 7.80. The number of halogens is 7. The number of hydrogen-bond acceptors (Lipinski definition) is 6. The number of alkyl halides is 6. The Kier molecular flexibility index (Phi) is 7.49. The number of urea groups is 1. The summed E-state index contributed by atoms with van der Waals surface area (Å²) in [6.07, 6.45) is -6.78. The van der Waals surface area contributed by atoms with Gasteiger partial charge < -0.3 is 21.1 Å². The van der Waals surface area contributed by atoms with Gasteiger partial charge in [-0.1, -0.05) is 23.7 Å². The maximum absolute atomic E-state index is 13.1. The van der Waals surface area contributed by atoms with Gasteiger partial charge in [0.15, 0.2) is 0 Å². The number of benzene rings is 2. The fourth-order valence-corrected chi connectivity index (χ4v) is 3.48. The normalized spacial score (nSPS) is 11.7. The fourth-order valence-electron chi connectivity index (χ4n) is 3.32. The Labute approximate surface area is 220 Å². The summed E-state index contributed by atoms with van der Waals surface area (Å²) in [5, 5.41) is 4.71. The van der Waals surface area contributed by atoms with Gasteiger partial charge in [-0.15, -0.1) is 0 Å².